The van der Waals surface area contributed by atoms with E-state index < -0.39 is 27.8 Å². The number of hydrogen-bond acceptors (Lipinski definition) is 5. The van der Waals surface area contributed by atoms with Crippen molar-refractivity contribution in [1.29, 1.82) is 0 Å². The van der Waals surface area contributed by atoms with Gasteiger partial charge in [-0.3, -0.25) is 20.4 Å². The maximum atomic E-state index is 12.9. The highest BCUT2D eigenvalue weighted by Gasteiger charge is 2.33. The molecule has 1 aromatic heterocycles. The van der Waals surface area contributed by atoms with Gasteiger partial charge >= 0.3 is 0 Å². The van der Waals surface area contributed by atoms with Gasteiger partial charge in [-0.2, -0.15) is 4.31 Å². The van der Waals surface area contributed by atoms with Crippen molar-refractivity contribution in [3.8, 4) is 0 Å². The molecule has 1 aliphatic heterocycles. The number of aromatic nitrogens is 1. The number of rotatable bonds is 4. The minimum Gasteiger partial charge on any atom is -0.352 e. The molecule has 0 radical (unpaired) electrons. The number of piperidine rings is 1. The number of nitrogens with one attached hydrogen (secondary N) is 3. The third-order valence-electron chi connectivity index (χ3n) is 4.78. The number of sulfonamides is 1. The molecule has 0 bridgehead atoms. The van der Waals surface area contributed by atoms with E-state index in [-0.39, 0.29) is 21.6 Å². The molecule has 1 saturated heterocycles. The first kappa shape index (κ1) is 21.2. The van der Waals surface area contributed by atoms with Crippen molar-refractivity contribution in [3.63, 3.8) is 0 Å². The van der Waals surface area contributed by atoms with Crippen LogP contribution in [0.25, 0.3) is 0 Å². The Morgan fingerprint density at radius 1 is 1.17 bits per heavy atom. The van der Waals surface area contributed by atoms with Crippen LogP contribution in [-0.4, -0.2) is 42.6 Å². The Morgan fingerprint density at radius 3 is 2.59 bits per heavy atom. The second-order valence-electron chi connectivity index (χ2n) is 6.87. The molecule has 3 rings (SSSR count). The fourth-order valence-corrected chi connectivity index (χ4v) is 4.87. The first-order chi connectivity index (χ1) is 13.8. The zero-order chi connectivity index (χ0) is 21.0. The SMILES string of the molecule is Cc1ccc(S(=O)(=O)N2CCCC(C(=O)NNC(=O)c3ccc[nH]c3=S)C2)cc1. The lowest BCUT2D eigenvalue weighted by Crippen LogP contribution is -2.50. The Balaban J connectivity index is 1.63. The predicted octanol–water partition coefficient (Wildman–Crippen LogP) is 1.91. The molecule has 0 spiro atoms. The number of nitrogens with zero attached hydrogens (tertiary/aromatic N) is 1. The van der Waals surface area contributed by atoms with E-state index >= 15 is 0 Å². The van der Waals surface area contributed by atoms with E-state index in [1.54, 1.807) is 36.5 Å². The van der Waals surface area contributed by atoms with Gasteiger partial charge in [-0.25, -0.2) is 8.42 Å². The minimum absolute atomic E-state index is 0.0588. The summed E-state index contributed by atoms with van der Waals surface area (Å²) in [5, 5.41) is 0. The van der Waals surface area contributed by atoms with Crippen LogP contribution in [0.2, 0.25) is 0 Å². The van der Waals surface area contributed by atoms with E-state index in [1.807, 2.05) is 6.92 Å². The predicted molar refractivity (Wildman–Crippen MR) is 110 cm³/mol. The quantitative estimate of drug-likeness (QED) is 0.503. The lowest BCUT2D eigenvalue weighted by Gasteiger charge is -2.31. The molecule has 154 valence electrons. The molecular formula is C19H22N4O4S2. The lowest BCUT2D eigenvalue weighted by atomic mass is 9.99. The summed E-state index contributed by atoms with van der Waals surface area (Å²) in [7, 11) is -3.68. The van der Waals surface area contributed by atoms with E-state index in [4.69, 9.17) is 12.2 Å². The van der Waals surface area contributed by atoms with Crippen molar-refractivity contribution in [3.05, 3.63) is 58.4 Å². The number of benzene rings is 1. The Morgan fingerprint density at radius 2 is 1.90 bits per heavy atom. The zero-order valence-corrected chi connectivity index (χ0v) is 17.5. The Labute approximate surface area is 174 Å². The Hall–Kier alpha value is -2.56. The molecule has 1 aromatic carbocycles. The second kappa shape index (κ2) is 8.85. The van der Waals surface area contributed by atoms with Gasteiger partial charge in [0.25, 0.3) is 5.91 Å². The van der Waals surface area contributed by atoms with Crippen LogP contribution < -0.4 is 10.9 Å². The van der Waals surface area contributed by atoms with Crippen LogP contribution >= 0.6 is 12.2 Å². The van der Waals surface area contributed by atoms with Gasteiger partial charge in [-0.15, -0.1) is 0 Å². The van der Waals surface area contributed by atoms with Crippen LogP contribution in [0.5, 0.6) is 0 Å². The largest absolute Gasteiger partial charge is 0.352 e. The molecule has 8 nitrogen and oxygen atoms in total. The van der Waals surface area contributed by atoms with Crippen LogP contribution in [0.1, 0.15) is 28.8 Å². The highest BCUT2D eigenvalue weighted by molar-refractivity contribution is 7.89. The van der Waals surface area contributed by atoms with Gasteiger partial charge < -0.3 is 4.98 Å². The summed E-state index contributed by atoms with van der Waals surface area (Å²) in [6.45, 7) is 2.29. The number of carbonyl (C=O) groups is 2. The van der Waals surface area contributed by atoms with E-state index in [9.17, 15) is 18.0 Å². The van der Waals surface area contributed by atoms with E-state index in [0.717, 1.165) is 5.56 Å². The molecule has 1 atom stereocenters. The van der Waals surface area contributed by atoms with Crippen molar-refractivity contribution < 1.29 is 18.0 Å². The first-order valence-corrected chi connectivity index (χ1v) is 11.0. The van der Waals surface area contributed by atoms with Crippen LogP contribution in [0.4, 0.5) is 0 Å². The normalized spacial score (nSPS) is 17.5. The number of aryl methyl sites for hydroxylation is 1. The van der Waals surface area contributed by atoms with Gasteiger partial charge in [0, 0.05) is 19.3 Å². The molecule has 2 amide bonds. The smallest absolute Gasteiger partial charge is 0.272 e. The van der Waals surface area contributed by atoms with Crippen LogP contribution in [-0.2, 0) is 14.8 Å². The van der Waals surface area contributed by atoms with Crippen molar-refractivity contribution in [1.82, 2.24) is 20.1 Å². The average molecular weight is 435 g/mol. The number of pyridine rings is 1. The maximum absolute atomic E-state index is 12.9. The van der Waals surface area contributed by atoms with E-state index in [2.05, 4.69) is 15.8 Å². The summed E-state index contributed by atoms with van der Waals surface area (Å²) in [6.07, 6.45) is 2.69. The maximum Gasteiger partial charge on any atom is 0.272 e. The topological polar surface area (TPSA) is 111 Å². The van der Waals surface area contributed by atoms with Gasteiger partial charge in [-0.05, 0) is 44.0 Å². The third-order valence-corrected chi connectivity index (χ3v) is 6.99. The number of hydrogen-bond donors (Lipinski definition) is 3. The summed E-state index contributed by atoms with van der Waals surface area (Å²) in [4.78, 5) is 27.6. The highest BCUT2D eigenvalue weighted by Crippen LogP contribution is 2.24. The molecule has 29 heavy (non-hydrogen) atoms. The number of aromatic amines is 1. The Kier molecular flexibility index (Phi) is 6.46. The molecular weight excluding hydrogens is 412 g/mol. The molecule has 0 saturated carbocycles. The fraction of sp³-hybridized carbons (Fsp3) is 0.316. The van der Waals surface area contributed by atoms with Crippen LogP contribution in [0.15, 0.2) is 47.5 Å². The molecule has 2 aromatic rings. The summed E-state index contributed by atoms with van der Waals surface area (Å²) in [6, 6.07) is 9.78. The number of amides is 2. The van der Waals surface area contributed by atoms with Crippen LogP contribution in [0, 0.1) is 17.5 Å². The molecule has 1 fully saturated rings. The van der Waals surface area contributed by atoms with Crippen molar-refractivity contribution in [2.45, 2.75) is 24.7 Å². The summed E-state index contributed by atoms with van der Waals surface area (Å²) >= 11 is 5.04. The van der Waals surface area contributed by atoms with Gasteiger partial charge in [0.15, 0.2) is 0 Å². The molecule has 2 heterocycles. The monoisotopic (exact) mass is 434 g/mol. The first-order valence-electron chi connectivity index (χ1n) is 9.14. The van der Waals surface area contributed by atoms with Gasteiger partial charge in [0.1, 0.15) is 4.64 Å². The van der Waals surface area contributed by atoms with Gasteiger partial charge in [0.05, 0.1) is 16.4 Å². The number of H-pyrrole nitrogens is 1. The standard InChI is InChI=1S/C19H22N4O4S2/c1-13-6-8-15(9-7-13)29(26,27)23-11-3-4-14(12-23)17(24)21-22-18(25)16-5-2-10-20-19(16)28/h2,5-10,14H,3-4,11-12H2,1H3,(H,20,28)(H,21,24)(H,22,25). The molecule has 0 aliphatic carbocycles. The zero-order valence-electron chi connectivity index (χ0n) is 15.8. The molecule has 1 aliphatic rings. The molecule has 3 N–H and O–H groups in total. The minimum atomic E-state index is -3.68. The Bertz CT molecular complexity index is 1060. The van der Waals surface area contributed by atoms with Crippen molar-refractivity contribution in [2.24, 2.45) is 5.92 Å². The summed E-state index contributed by atoms with van der Waals surface area (Å²) in [5.74, 6) is -1.54. The van der Waals surface area contributed by atoms with Crippen molar-refractivity contribution in [2.75, 3.05) is 13.1 Å². The number of carbonyl (C=O) groups excluding carboxylic acids is 2. The number of hydrazine groups is 1. The second-order valence-corrected chi connectivity index (χ2v) is 9.22. The highest BCUT2D eigenvalue weighted by atomic mass is 32.2. The molecule has 1 unspecified atom stereocenters. The van der Waals surface area contributed by atoms with Crippen molar-refractivity contribution >= 4 is 34.1 Å². The van der Waals surface area contributed by atoms with E-state index in [0.29, 0.717) is 19.4 Å². The van der Waals surface area contributed by atoms with E-state index in [1.165, 1.54) is 10.4 Å². The van der Waals surface area contributed by atoms with Crippen LogP contribution in [0.3, 0.4) is 0 Å². The summed E-state index contributed by atoms with van der Waals surface area (Å²) < 4.78 is 27.3. The molecule has 10 heteroatoms. The van der Waals surface area contributed by atoms with Gasteiger partial charge in [0.2, 0.25) is 15.9 Å². The summed E-state index contributed by atoms with van der Waals surface area (Å²) in [5.41, 5.74) is 5.91. The fourth-order valence-electron chi connectivity index (χ4n) is 3.12. The average Bonchev–Trinajstić information content (AvgIpc) is 2.72. The third kappa shape index (κ3) is 4.89. The lowest BCUT2D eigenvalue weighted by molar-refractivity contribution is -0.126. The van der Waals surface area contributed by atoms with Gasteiger partial charge in [-0.1, -0.05) is 29.9 Å².